The number of hydrogen-bond donors (Lipinski definition) is 0. The second kappa shape index (κ2) is 8.94. The summed E-state index contributed by atoms with van der Waals surface area (Å²) < 4.78 is 12.0. The van der Waals surface area contributed by atoms with Gasteiger partial charge >= 0.3 is 0 Å². The van der Waals surface area contributed by atoms with Crippen molar-refractivity contribution in [2.45, 2.75) is 5.92 Å². The molecule has 1 aliphatic rings. The summed E-state index contributed by atoms with van der Waals surface area (Å²) in [7, 11) is 1.66. The zero-order chi connectivity index (χ0) is 21.8. The van der Waals surface area contributed by atoms with E-state index in [-0.39, 0.29) is 5.92 Å². The molecule has 0 saturated heterocycles. The fraction of sp³-hybridized carbons (Fsp3) is 0.0690. The number of para-hydroxylation sites is 3. The molecule has 4 aromatic rings. The maximum absolute atomic E-state index is 6.48. The van der Waals surface area contributed by atoms with E-state index in [1.807, 2.05) is 66.9 Å². The fourth-order valence-corrected chi connectivity index (χ4v) is 4.11. The van der Waals surface area contributed by atoms with Gasteiger partial charge in [0.15, 0.2) is 0 Å². The standard InChI is InChI=1S/C29H23NO2/c1-31-27-19-11-9-17-25(27)30-20-24-28(21-12-4-2-5-13-21)23-16-8-10-18-26(23)32-29(24)22-14-6-3-7-15-22/h2-20,28H,1H3/t28-/m1/s1. The highest BCUT2D eigenvalue weighted by Gasteiger charge is 2.30. The first-order valence-electron chi connectivity index (χ1n) is 10.6. The number of methoxy groups -OCH3 is 1. The summed E-state index contributed by atoms with van der Waals surface area (Å²) >= 11 is 0. The van der Waals surface area contributed by atoms with Crippen LogP contribution in [0, 0.1) is 0 Å². The van der Waals surface area contributed by atoms with E-state index in [9.17, 15) is 0 Å². The molecule has 0 aliphatic carbocycles. The molecule has 0 unspecified atom stereocenters. The average molecular weight is 418 g/mol. The number of benzene rings is 4. The SMILES string of the molecule is COc1ccccc1N=CC1=C(c2ccccc2)Oc2ccccc2[C@H]1c1ccccc1. The van der Waals surface area contributed by atoms with Gasteiger partial charge in [0, 0.05) is 28.8 Å². The Morgan fingerprint density at radius 1 is 0.750 bits per heavy atom. The second-order valence-electron chi connectivity index (χ2n) is 7.56. The third-order valence-corrected chi connectivity index (χ3v) is 5.61. The highest BCUT2D eigenvalue weighted by Crippen LogP contribution is 2.45. The second-order valence-corrected chi connectivity index (χ2v) is 7.56. The highest BCUT2D eigenvalue weighted by molar-refractivity contribution is 5.95. The molecule has 0 fully saturated rings. The summed E-state index contributed by atoms with van der Waals surface area (Å²) in [6.07, 6.45) is 1.92. The van der Waals surface area contributed by atoms with Gasteiger partial charge in [-0.1, -0.05) is 91.0 Å². The van der Waals surface area contributed by atoms with Crippen LogP contribution in [0.4, 0.5) is 5.69 Å². The molecule has 0 N–H and O–H groups in total. The quantitative estimate of drug-likeness (QED) is 0.326. The van der Waals surface area contributed by atoms with E-state index < -0.39 is 0 Å². The lowest BCUT2D eigenvalue weighted by Gasteiger charge is -2.30. The molecule has 0 amide bonds. The van der Waals surface area contributed by atoms with Gasteiger partial charge in [-0.3, -0.25) is 4.99 Å². The first-order chi connectivity index (χ1) is 15.8. The van der Waals surface area contributed by atoms with Crippen molar-refractivity contribution in [3.8, 4) is 11.5 Å². The van der Waals surface area contributed by atoms with Gasteiger partial charge in [0.1, 0.15) is 22.9 Å². The minimum absolute atomic E-state index is 0.00480. The molecule has 0 radical (unpaired) electrons. The fourth-order valence-electron chi connectivity index (χ4n) is 4.11. The van der Waals surface area contributed by atoms with Crippen LogP contribution in [0.1, 0.15) is 22.6 Å². The Bertz CT molecular complexity index is 1280. The van der Waals surface area contributed by atoms with Gasteiger partial charge in [-0.2, -0.15) is 0 Å². The molecule has 0 spiro atoms. The summed E-state index contributed by atoms with van der Waals surface area (Å²) in [4.78, 5) is 4.84. The van der Waals surface area contributed by atoms with Crippen molar-refractivity contribution in [3.05, 3.63) is 131 Å². The summed E-state index contributed by atoms with van der Waals surface area (Å²) in [5.41, 5.74) is 5.12. The zero-order valence-electron chi connectivity index (χ0n) is 17.8. The number of aliphatic imine (C=N–C) groups is 1. The van der Waals surface area contributed by atoms with E-state index in [1.54, 1.807) is 7.11 Å². The molecular formula is C29H23NO2. The molecule has 3 nitrogen and oxygen atoms in total. The molecule has 1 heterocycles. The number of rotatable bonds is 5. The lowest BCUT2D eigenvalue weighted by atomic mass is 9.81. The molecule has 0 aromatic heterocycles. The van der Waals surface area contributed by atoms with Gasteiger partial charge < -0.3 is 9.47 Å². The molecule has 0 bridgehead atoms. The topological polar surface area (TPSA) is 30.8 Å². The average Bonchev–Trinajstić information content (AvgIpc) is 2.87. The largest absolute Gasteiger partial charge is 0.494 e. The zero-order valence-corrected chi connectivity index (χ0v) is 17.8. The van der Waals surface area contributed by atoms with Crippen LogP contribution in [0.5, 0.6) is 11.5 Å². The van der Waals surface area contributed by atoms with Crippen LogP contribution in [0.2, 0.25) is 0 Å². The van der Waals surface area contributed by atoms with E-state index in [1.165, 1.54) is 5.56 Å². The minimum Gasteiger partial charge on any atom is -0.494 e. The van der Waals surface area contributed by atoms with Crippen LogP contribution < -0.4 is 9.47 Å². The monoisotopic (exact) mass is 417 g/mol. The molecule has 4 aromatic carbocycles. The normalized spacial score (nSPS) is 15.3. The Morgan fingerprint density at radius 2 is 1.41 bits per heavy atom. The Hall–Kier alpha value is -4.11. The van der Waals surface area contributed by atoms with Crippen molar-refractivity contribution in [1.29, 1.82) is 0 Å². The van der Waals surface area contributed by atoms with Gasteiger partial charge in [0.25, 0.3) is 0 Å². The number of fused-ring (bicyclic) bond motifs is 1. The van der Waals surface area contributed by atoms with E-state index in [4.69, 9.17) is 14.5 Å². The third kappa shape index (κ3) is 3.81. The molecular weight excluding hydrogens is 394 g/mol. The van der Waals surface area contributed by atoms with Crippen LogP contribution in [0.3, 0.4) is 0 Å². The Labute approximate surface area is 188 Å². The van der Waals surface area contributed by atoms with Crippen molar-refractivity contribution in [2.24, 2.45) is 4.99 Å². The Balaban J connectivity index is 1.73. The highest BCUT2D eigenvalue weighted by atomic mass is 16.5. The first-order valence-corrected chi connectivity index (χ1v) is 10.6. The van der Waals surface area contributed by atoms with Gasteiger partial charge in [0.2, 0.25) is 0 Å². The van der Waals surface area contributed by atoms with Crippen LogP contribution in [-0.4, -0.2) is 13.3 Å². The summed E-state index contributed by atoms with van der Waals surface area (Å²) in [5, 5.41) is 0. The number of ether oxygens (including phenoxy) is 2. The van der Waals surface area contributed by atoms with E-state index in [2.05, 4.69) is 48.5 Å². The Kier molecular flexibility index (Phi) is 5.54. The molecule has 32 heavy (non-hydrogen) atoms. The van der Waals surface area contributed by atoms with Gasteiger partial charge in [0.05, 0.1) is 7.11 Å². The van der Waals surface area contributed by atoms with Crippen molar-refractivity contribution in [1.82, 2.24) is 0 Å². The van der Waals surface area contributed by atoms with Crippen LogP contribution in [-0.2, 0) is 0 Å². The number of nitrogens with zero attached hydrogens (tertiary/aromatic N) is 1. The van der Waals surface area contributed by atoms with E-state index in [0.717, 1.165) is 39.6 Å². The summed E-state index contributed by atoms with van der Waals surface area (Å²) in [6.45, 7) is 0. The predicted octanol–water partition coefficient (Wildman–Crippen LogP) is 7.03. The van der Waals surface area contributed by atoms with Crippen LogP contribution in [0.15, 0.2) is 120 Å². The number of allylic oxidation sites excluding steroid dienone is 1. The maximum Gasteiger partial charge on any atom is 0.144 e. The predicted molar refractivity (Wildman–Crippen MR) is 130 cm³/mol. The van der Waals surface area contributed by atoms with Crippen LogP contribution >= 0.6 is 0 Å². The van der Waals surface area contributed by atoms with Crippen molar-refractivity contribution < 1.29 is 9.47 Å². The molecule has 156 valence electrons. The summed E-state index contributed by atoms with van der Waals surface area (Å²) in [6, 6.07) is 36.7. The lowest BCUT2D eigenvalue weighted by Crippen LogP contribution is -2.17. The smallest absolute Gasteiger partial charge is 0.144 e. The van der Waals surface area contributed by atoms with Crippen LogP contribution in [0.25, 0.3) is 5.76 Å². The minimum atomic E-state index is -0.00480. The number of hydrogen-bond acceptors (Lipinski definition) is 3. The van der Waals surface area contributed by atoms with E-state index in [0.29, 0.717) is 0 Å². The van der Waals surface area contributed by atoms with Crippen molar-refractivity contribution in [3.63, 3.8) is 0 Å². The molecule has 3 heteroatoms. The maximum atomic E-state index is 6.48. The van der Waals surface area contributed by atoms with Gasteiger partial charge in [-0.25, -0.2) is 0 Å². The Morgan fingerprint density at radius 3 is 2.19 bits per heavy atom. The summed E-state index contributed by atoms with van der Waals surface area (Å²) in [5.74, 6) is 2.42. The van der Waals surface area contributed by atoms with E-state index >= 15 is 0 Å². The van der Waals surface area contributed by atoms with Gasteiger partial charge in [-0.05, 0) is 23.8 Å². The van der Waals surface area contributed by atoms with Crippen molar-refractivity contribution in [2.75, 3.05) is 7.11 Å². The molecule has 5 rings (SSSR count). The molecule has 1 atom stereocenters. The molecule has 1 aliphatic heterocycles. The molecule has 0 saturated carbocycles. The first kappa shape index (κ1) is 19.8. The third-order valence-electron chi connectivity index (χ3n) is 5.61. The van der Waals surface area contributed by atoms with Gasteiger partial charge in [-0.15, -0.1) is 0 Å². The van der Waals surface area contributed by atoms with Crippen molar-refractivity contribution >= 4 is 17.7 Å². The lowest BCUT2D eigenvalue weighted by molar-refractivity contribution is 0.416.